The minimum atomic E-state index is -5.68. The zero-order chi connectivity index (χ0) is 10.5. The molecule has 0 aliphatic carbocycles. The van der Waals surface area contributed by atoms with Gasteiger partial charge in [0.05, 0.1) is 13.2 Å². The fourth-order valence-corrected chi connectivity index (χ4v) is 0.413. The first-order valence-electron chi connectivity index (χ1n) is 3.27. The van der Waals surface area contributed by atoms with E-state index in [4.69, 9.17) is 0 Å². The largest absolute Gasteiger partial charge is 0.482 e. The SMILES string of the molecule is [CH2]COCCOC(F)(F)C(F)(F)F. The molecule has 0 fully saturated rings. The van der Waals surface area contributed by atoms with Crippen LogP contribution in [-0.4, -0.2) is 32.1 Å². The van der Waals surface area contributed by atoms with Crippen molar-refractivity contribution in [2.45, 2.75) is 12.3 Å². The molecule has 0 bridgehead atoms. The van der Waals surface area contributed by atoms with E-state index in [-0.39, 0.29) is 13.2 Å². The lowest BCUT2D eigenvalue weighted by Crippen LogP contribution is -2.39. The highest BCUT2D eigenvalue weighted by atomic mass is 19.4. The fraction of sp³-hybridized carbons (Fsp3) is 0.833. The third-order valence-electron chi connectivity index (χ3n) is 0.985. The zero-order valence-corrected chi connectivity index (χ0v) is 6.53. The van der Waals surface area contributed by atoms with Crippen molar-refractivity contribution in [1.82, 2.24) is 0 Å². The summed E-state index contributed by atoms with van der Waals surface area (Å²) >= 11 is 0. The highest BCUT2D eigenvalue weighted by Crippen LogP contribution is 2.35. The van der Waals surface area contributed by atoms with Crippen LogP contribution in [0.5, 0.6) is 0 Å². The van der Waals surface area contributed by atoms with Gasteiger partial charge in [-0.05, 0) is 6.92 Å². The monoisotopic (exact) mass is 207 g/mol. The molecule has 0 heterocycles. The van der Waals surface area contributed by atoms with Crippen LogP contribution < -0.4 is 0 Å². The first-order chi connectivity index (χ1) is 5.81. The molecule has 2 nitrogen and oxygen atoms in total. The van der Waals surface area contributed by atoms with E-state index in [0.29, 0.717) is 0 Å². The number of hydrogen-bond donors (Lipinski definition) is 0. The van der Waals surface area contributed by atoms with Crippen LogP contribution in [0.1, 0.15) is 0 Å². The second-order valence-corrected chi connectivity index (χ2v) is 1.98. The minimum Gasteiger partial charge on any atom is -0.379 e. The third kappa shape index (κ3) is 4.37. The van der Waals surface area contributed by atoms with E-state index in [1.54, 1.807) is 0 Å². The lowest BCUT2D eigenvalue weighted by atomic mass is 10.6. The number of rotatable bonds is 5. The number of halogens is 5. The predicted molar refractivity (Wildman–Crippen MR) is 33.1 cm³/mol. The molecular weight excluding hydrogens is 199 g/mol. The molecule has 0 aromatic carbocycles. The van der Waals surface area contributed by atoms with Gasteiger partial charge < -0.3 is 9.47 Å². The Morgan fingerprint density at radius 3 is 1.92 bits per heavy atom. The molecule has 13 heavy (non-hydrogen) atoms. The van der Waals surface area contributed by atoms with Crippen molar-refractivity contribution < 1.29 is 31.4 Å². The quantitative estimate of drug-likeness (QED) is 0.507. The zero-order valence-electron chi connectivity index (χ0n) is 6.53. The molecule has 79 valence electrons. The molecule has 0 aliphatic heterocycles. The first-order valence-corrected chi connectivity index (χ1v) is 3.27. The maximum atomic E-state index is 11.9. The van der Waals surface area contributed by atoms with E-state index < -0.39 is 18.9 Å². The number of ether oxygens (including phenoxy) is 2. The van der Waals surface area contributed by atoms with E-state index in [1.165, 1.54) is 0 Å². The van der Waals surface area contributed by atoms with Gasteiger partial charge in [-0.1, -0.05) is 0 Å². The summed E-state index contributed by atoms with van der Waals surface area (Å²) in [7, 11) is 0. The molecule has 0 unspecified atom stereocenters. The van der Waals surface area contributed by atoms with Crippen molar-refractivity contribution in [3.05, 3.63) is 6.92 Å². The summed E-state index contributed by atoms with van der Waals surface area (Å²) in [6.45, 7) is 1.98. The van der Waals surface area contributed by atoms with Crippen LogP contribution in [0.2, 0.25) is 0 Å². The highest BCUT2D eigenvalue weighted by molar-refractivity contribution is 4.63. The Morgan fingerprint density at radius 2 is 1.54 bits per heavy atom. The van der Waals surface area contributed by atoms with Gasteiger partial charge in [0.15, 0.2) is 0 Å². The van der Waals surface area contributed by atoms with Gasteiger partial charge in [-0.3, -0.25) is 0 Å². The van der Waals surface area contributed by atoms with Crippen molar-refractivity contribution in [3.63, 3.8) is 0 Å². The number of hydrogen-bond acceptors (Lipinski definition) is 2. The van der Waals surface area contributed by atoms with E-state index in [0.717, 1.165) is 0 Å². The molecule has 0 amide bonds. The summed E-state index contributed by atoms with van der Waals surface area (Å²) in [5.41, 5.74) is 0. The van der Waals surface area contributed by atoms with Gasteiger partial charge in [-0.2, -0.15) is 22.0 Å². The smallest absolute Gasteiger partial charge is 0.379 e. The molecule has 0 spiro atoms. The van der Waals surface area contributed by atoms with Crippen molar-refractivity contribution >= 4 is 0 Å². The Morgan fingerprint density at radius 1 is 1.00 bits per heavy atom. The van der Waals surface area contributed by atoms with Gasteiger partial charge in [-0.25, -0.2) is 0 Å². The summed E-state index contributed by atoms with van der Waals surface area (Å²) in [5.74, 6) is 0. The molecule has 0 N–H and O–H groups in total. The van der Waals surface area contributed by atoms with Gasteiger partial charge in [0, 0.05) is 6.61 Å². The lowest BCUT2D eigenvalue weighted by Gasteiger charge is -2.19. The molecular formula is C6H8F5O2. The number of alkyl halides is 5. The van der Waals surface area contributed by atoms with Crippen LogP contribution in [0.15, 0.2) is 0 Å². The van der Waals surface area contributed by atoms with Crippen LogP contribution in [0.4, 0.5) is 22.0 Å². The second kappa shape index (κ2) is 4.71. The molecule has 0 saturated carbocycles. The topological polar surface area (TPSA) is 18.5 Å². The molecule has 1 radical (unpaired) electrons. The summed E-state index contributed by atoms with van der Waals surface area (Å²) in [6, 6.07) is 0. The summed E-state index contributed by atoms with van der Waals surface area (Å²) in [5, 5.41) is 0. The fourth-order valence-electron chi connectivity index (χ4n) is 0.413. The lowest BCUT2D eigenvalue weighted by molar-refractivity contribution is -0.392. The Kier molecular flexibility index (Phi) is 4.55. The molecule has 0 rings (SSSR count). The minimum absolute atomic E-state index is 0.0129. The van der Waals surface area contributed by atoms with E-state index in [9.17, 15) is 22.0 Å². The maximum Gasteiger partial charge on any atom is 0.482 e. The molecule has 0 aromatic rings. The summed E-state index contributed by atoms with van der Waals surface area (Å²) in [6.07, 6.45) is -10.8. The van der Waals surface area contributed by atoms with Crippen molar-refractivity contribution in [3.8, 4) is 0 Å². The van der Waals surface area contributed by atoms with Gasteiger partial charge in [0.25, 0.3) is 0 Å². The maximum absolute atomic E-state index is 11.9. The molecule has 0 saturated heterocycles. The van der Waals surface area contributed by atoms with Gasteiger partial charge in [-0.15, -0.1) is 0 Å². The molecule has 0 aliphatic rings. The Balaban J connectivity index is 3.77. The van der Waals surface area contributed by atoms with Crippen LogP contribution in [-0.2, 0) is 9.47 Å². The van der Waals surface area contributed by atoms with Crippen molar-refractivity contribution in [2.75, 3.05) is 19.8 Å². The van der Waals surface area contributed by atoms with Crippen LogP contribution in [0.25, 0.3) is 0 Å². The van der Waals surface area contributed by atoms with E-state index in [2.05, 4.69) is 16.4 Å². The van der Waals surface area contributed by atoms with Gasteiger partial charge in [0.2, 0.25) is 0 Å². The second-order valence-electron chi connectivity index (χ2n) is 1.98. The summed E-state index contributed by atoms with van der Waals surface area (Å²) in [4.78, 5) is 0. The van der Waals surface area contributed by atoms with Crippen LogP contribution >= 0.6 is 0 Å². The third-order valence-corrected chi connectivity index (χ3v) is 0.985. The Labute approximate surface area is 71.6 Å². The first kappa shape index (κ1) is 12.6. The van der Waals surface area contributed by atoms with Gasteiger partial charge >= 0.3 is 12.3 Å². The summed E-state index contributed by atoms with van der Waals surface area (Å²) < 4.78 is 65.8. The predicted octanol–water partition coefficient (Wildman–Crippen LogP) is 2.01. The van der Waals surface area contributed by atoms with Crippen molar-refractivity contribution in [1.29, 1.82) is 0 Å². The van der Waals surface area contributed by atoms with Crippen molar-refractivity contribution in [2.24, 2.45) is 0 Å². The Bertz CT molecular complexity index is 144. The average Bonchev–Trinajstić information content (AvgIpc) is 1.96. The van der Waals surface area contributed by atoms with Crippen LogP contribution in [0.3, 0.4) is 0 Å². The standard InChI is InChI=1S/C6H8F5O2/c1-2-12-3-4-13-6(10,11)5(7,8)9/h1-4H2. The van der Waals surface area contributed by atoms with Crippen LogP contribution in [0, 0.1) is 6.92 Å². The molecule has 7 heteroatoms. The normalized spacial score (nSPS) is 13.4. The van der Waals surface area contributed by atoms with E-state index in [1.807, 2.05) is 0 Å². The Hall–Kier alpha value is -0.430. The highest BCUT2D eigenvalue weighted by Gasteiger charge is 2.59. The van der Waals surface area contributed by atoms with E-state index >= 15 is 0 Å². The molecule has 0 aromatic heterocycles. The molecule has 0 atom stereocenters. The van der Waals surface area contributed by atoms with Gasteiger partial charge in [0.1, 0.15) is 0 Å². The average molecular weight is 207 g/mol.